The zero-order chi connectivity index (χ0) is 13.2. The van der Waals surface area contributed by atoms with E-state index < -0.39 is 0 Å². The Labute approximate surface area is 114 Å². The number of anilines is 1. The summed E-state index contributed by atoms with van der Waals surface area (Å²) in [6, 6.07) is 15.3. The molecule has 1 unspecified atom stereocenters. The number of benzene rings is 2. The van der Waals surface area contributed by atoms with Crippen LogP contribution >= 0.6 is 0 Å². The van der Waals surface area contributed by atoms with Gasteiger partial charge in [-0.25, -0.2) is 0 Å². The summed E-state index contributed by atoms with van der Waals surface area (Å²) in [5, 5.41) is 3.59. The maximum atomic E-state index is 5.57. The van der Waals surface area contributed by atoms with E-state index in [1.54, 1.807) is 0 Å². The average molecular weight is 253 g/mol. The van der Waals surface area contributed by atoms with E-state index in [9.17, 15) is 0 Å². The summed E-state index contributed by atoms with van der Waals surface area (Å²) < 4.78 is 5.57. The van der Waals surface area contributed by atoms with Crippen LogP contribution < -0.4 is 10.1 Å². The summed E-state index contributed by atoms with van der Waals surface area (Å²) in [5.41, 5.74) is 5.29. The molecule has 0 bridgehead atoms. The van der Waals surface area contributed by atoms with Crippen LogP contribution in [-0.4, -0.2) is 6.61 Å². The minimum Gasteiger partial charge on any atom is -0.494 e. The lowest BCUT2D eigenvalue weighted by molar-refractivity contribution is 0.339. The summed E-state index contributed by atoms with van der Waals surface area (Å²) >= 11 is 0. The molecule has 3 rings (SSSR count). The smallest absolute Gasteiger partial charge is 0.119 e. The van der Waals surface area contributed by atoms with Gasteiger partial charge >= 0.3 is 0 Å². The largest absolute Gasteiger partial charge is 0.494 e. The van der Waals surface area contributed by atoms with Crippen molar-refractivity contribution in [2.24, 2.45) is 0 Å². The lowest BCUT2D eigenvalue weighted by Crippen LogP contribution is -2.05. The number of ether oxygens (including phenoxy) is 1. The van der Waals surface area contributed by atoms with E-state index >= 15 is 0 Å². The molecule has 0 aliphatic carbocycles. The molecule has 2 aromatic carbocycles. The predicted molar refractivity (Wildman–Crippen MR) is 78.9 cm³/mol. The van der Waals surface area contributed by atoms with Gasteiger partial charge in [0.2, 0.25) is 0 Å². The third kappa shape index (κ3) is 2.43. The van der Waals surface area contributed by atoms with Crippen LogP contribution in [0.5, 0.6) is 5.75 Å². The third-order valence-electron chi connectivity index (χ3n) is 3.59. The second-order valence-electron chi connectivity index (χ2n) is 5.07. The lowest BCUT2D eigenvalue weighted by Gasteiger charge is -2.13. The molecule has 2 aromatic rings. The topological polar surface area (TPSA) is 21.3 Å². The van der Waals surface area contributed by atoms with Gasteiger partial charge in [0.15, 0.2) is 0 Å². The number of hydrogen-bond donors (Lipinski definition) is 1. The third-order valence-corrected chi connectivity index (χ3v) is 3.59. The first-order valence-electron chi connectivity index (χ1n) is 6.85. The summed E-state index contributed by atoms with van der Waals surface area (Å²) in [6.07, 6.45) is 1.05. The average Bonchev–Trinajstić information content (AvgIpc) is 2.82. The first-order valence-corrected chi connectivity index (χ1v) is 6.85. The maximum absolute atomic E-state index is 5.57. The van der Waals surface area contributed by atoms with Crippen molar-refractivity contribution in [2.75, 3.05) is 11.9 Å². The molecule has 1 N–H and O–H groups in total. The van der Waals surface area contributed by atoms with E-state index in [1.165, 1.54) is 22.4 Å². The van der Waals surface area contributed by atoms with E-state index in [2.05, 4.69) is 48.6 Å². The van der Waals surface area contributed by atoms with E-state index in [4.69, 9.17) is 4.74 Å². The Morgan fingerprint density at radius 3 is 2.95 bits per heavy atom. The summed E-state index contributed by atoms with van der Waals surface area (Å²) in [7, 11) is 0. The Kier molecular flexibility index (Phi) is 3.16. The zero-order valence-electron chi connectivity index (χ0n) is 11.4. The normalized spacial score (nSPS) is 16.8. The van der Waals surface area contributed by atoms with Gasteiger partial charge in [-0.15, -0.1) is 0 Å². The lowest BCUT2D eigenvalue weighted by atomic mass is 10.0. The van der Waals surface area contributed by atoms with Crippen LogP contribution in [0.2, 0.25) is 0 Å². The number of aryl methyl sites for hydroxylation is 1. The van der Waals surface area contributed by atoms with Crippen molar-refractivity contribution in [1.29, 1.82) is 0 Å². The van der Waals surface area contributed by atoms with Crippen molar-refractivity contribution in [2.45, 2.75) is 26.3 Å². The molecule has 2 nitrogen and oxygen atoms in total. The van der Waals surface area contributed by atoms with Crippen LogP contribution in [0, 0.1) is 6.92 Å². The van der Waals surface area contributed by atoms with Crippen LogP contribution in [0.1, 0.15) is 29.7 Å². The molecule has 0 amide bonds. The standard InChI is InChI=1S/C17H19NO/c1-3-19-15-6-4-5-13(10-15)17-11-14-9-12(2)7-8-16(14)18-17/h4-10,17-18H,3,11H2,1-2H3. The van der Waals surface area contributed by atoms with Crippen LogP contribution in [0.4, 0.5) is 5.69 Å². The van der Waals surface area contributed by atoms with Crippen LogP contribution in [0.15, 0.2) is 42.5 Å². The zero-order valence-corrected chi connectivity index (χ0v) is 11.4. The molecular weight excluding hydrogens is 234 g/mol. The van der Waals surface area contributed by atoms with Crippen molar-refractivity contribution >= 4 is 5.69 Å². The van der Waals surface area contributed by atoms with Crippen LogP contribution in [0.25, 0.3) is 0 Å². The van der Waals surface area contributed by atoms with Crippen molar-refractivity contribution in [3.8, 4) is 5.75 Å². The van der Waals surface area contributed by atoms with Crippen molar-refractivity contribution < 1.29 is 4.74 Å². The van der Waals surface area contributed by atoms with Crippen LogP contribution in [-0.2, 0) is 6.42 Å². The molecule has 0 aromatic heterocycles. The van der Waals surface area contributed by atoms with Gasteiger partial charge in [-0.1, -0.05) is 29.8 Å². The monoisotopic (exact) mass is 253 g/mol. The molecule has 1 aliphatic rings. The van der Waals surface area contributed by atoms with E-state index in [0.717, 1.165) is 12.2 Å². The van der Waals surface area contributed by atoms with Crippen molar-refractivity contribution in [1.82, 2.24) is 0 Å². The molecule has 0 spiro atoms. The molecule has 1 atom stereocenters. The number of fused-ring (bicyclic) bond motifs is 1. The SMILES string of the molecule is CCOc1cccc(C2Cc3cc(C)ccc3N2)c1. The molecule has 1 heterocycles. The molecule has 1 aliphatic heterocycles. The first-order chi connectivity index (χ1) is 9.26. The molecule has 0 radical (unpaired) electrons. The van der Waals surface area contributed by atoms with Crippen molar-refractivity contribution in [3.63, 3.8) is 0 Å². The Bertz CT molecular complexity index is 592. The molecule has 0 fully saturated rings. The minimum atomic E-state index is 0.359. The van der Waals surface area contributed by atoms with Gasteiger partial charge in [0.1, 0.15) is 5.75 Å². The highest BCUT2D eigenvalue weighted by atomic mass is 16.5. The molecular formula is C17H19NO. The quantitative estimate of drug-likeness (QED) is 0.889. The molecule has 98 valence electrons. The summed E-state index contributed by atoms with van der Waals surface area (Å²) in [5.74, 6) is 0.953. The Balaban J connectivity index is 1.84. The highest BCUT2D eigenvalue weighted by molar-refractivity contribution is 5.59. The Morgan fingerprint density at radius 1 is 1.21 bits per heavy atom. The highest BCUT2D eigenvalue weighted by Gasteiger charge is 2.22. The number of nitrogens with one attached hydrogen (secondary N) is 1. The second kappa shape index (κ2) is 4.96. The van der Waals surface area contributed by atoms with Gasteiger partial charge < -0.3 is 10.1 Å². The fourth-order valence-corrected chi connectivity index (χ4v) is 2.68. The fraction of sp³-hybridized carbons (Fsp3) is 0.294. The van der Waals surface area contributed by atoms with Gasteiger partial charge in [0, 0.05) is 5.69 Å². The molecule has 2 heteroatoms. The fourth-order valence-electron chi connectivity index (χ4n) is 2.68. The molecule has 0 saturated heterocycles. The van der Waals surface area contributed by atoms with E-state index in [1.807, 2.05) is 13.0 Å². The number of rotatable bonds is 3. The van der Waals surface area contributed by atoms with E-state index in [-0.39, 0.29) is 0 Å². The van der Waals surface area contributed by atoms with Gasteiger partial charge in [0.25, 0.3) is 0 Å². The Morgan fingerprint density at radius 2 is 2.11 bits per heavy atom. The van der Waals surface area contributed by atoms with Crippen LogP contribution in [0.3, 0.4) is 0 Å². The van der Waals surface area contributed by atoms with E-state index in [0.29, 0.717) is 12.6 Å². The minimum absolute atomic E-state index is 0.359. The van der Waals surface area contributed by atoms with Gasteiger partial charge in [-0.05, 0) is 49.6 Å². The van der Waals surface area contributed by atoms with Gasteiger partial charge in [0.05, 0.1) is 12.6 Å². The van der Waals surface area contributed by atoms with Gasteiger partial charge in [-0.2, -0.15) is 0 Å². The maximum Gasteiger partial charge on any atom is 0.119 e. The summed E-state index contributed by atoms with van der Waals surface area (Å²) in [4.78, 5) is 0. The van der Waals surface area contributed by atoms with Crippen molar-refractivity contribution in [3.05, 3.63) is 59.2 Å². The summed E-state index contributed by atoms with van der Waals surface area (Å²) in [6.45, 7) is 4.86. The number of hydrogen-bond acceptors (Lipinski definition) is 2. The first kappa shape index (κ1) is 12.1. The van der Waals surface area contributed by atoms with Gasteiger partial charge in [-0.3, -0.25) is 0 Å². The second-order valence-corrected chi connectivity index (χ2v) is 5.07. The highest BCUT2D eigenvalue weighted by Crippen LogP contribution is 2.35. The predicted octanol–water partition coefficient (Wildman–Crippen LogP) is 4.10. The Hall–Kier alpha value is -1.96. The molecule has 0 saturated carbocycles. The molecule has 19 heavy (non-hydrogen) atoms.